The van der Waals surface area contributed by atoms with Crippen molar-refractivity contribution in [1.29, 1.82) is 0 Å². The molecule has 0 atom stereocenters. The lowest BCUT2D eigenvalue weighted by Gasteiger charge is -2.06. The molecule has 4 nitrogen and oxygen atoms in total. The van der Waals surface area contributed by atoms with Gasteiger partial charge in [0.2, 0.25) is 0 Å². The number of carbonyl (C=O) groups excluding carboxylic acids is 1. The van der Waals surface area contributed by atoms with E-state index in [4.69, 9.17) is 0 Å². The second-order valence-electron chi connectivity index (χ2n) is 5.47. The average Bonchev–Trinajstić information content (AvgIpc) is 2.44. The van der Waals surface area contributed by atoms with Crippen LogP contribution in [0.5, 0.6) is 11.5 Å². The normalized spacial score (nSPS) is 10.5. The maximum atomic E-state index is 11.8. The Labute approximate surface area is 127 Å². The van der Waals surface area contributed by atoms with Crippen molar-refractivity contribution in [3.8, 4) is 11.5 Å². The molecule has 4 heteroatoms. The highest BCUT2D eigenvalue weighted by atomic mass is 16.3. The SMILES string of the molecule is CCCCCCCCCCNC(=O)c1cc(O)cc(O)c1. The van der Waals surface area contributed by atoms with Crippen LogP contribution in [-0.2, 0) is 0 Å². The number of phenols is 2. The zero-order valence-electron chi connectivity index (χ0n) is 12.9. The molecule has 0 aliphatic heterocycles. The maximum Gasteiger partial charge on any atom is 0.251 e. The minimum absolute atomic E-state index is 0.104. The number of amides is 1. The highest BCUT2D eigenvalue weighted by molar-refractivity contribution is 5.94. The van der Waals surface area contributed by atoms with Crippen molar-refractivity contribution in [2.75, 3.05) is 6.54 Å². The lowest BCUT2D eigenvalue weighted by molar-refractivity contribution is 0.0952. The summed E-state index contributed by atoms with van der Waals surface area (Å²) < 4.78 is 0. The monoisotopic (exact) mass is 293 g/mol. The summed E-state index contributed by atoms with van der Waals surface area (Å²) in [5, 5.41) is 21.5. The highest BCUT2D eigenvalue weighted by Crippen LogP contribution is 2.20. The van der Waals surface area contributed by atoms with Crippen LogP contribution in [0.3, 0.4) is 0 Å². The summed E-state index contributed by atoms with van der Waals surface area (Å²) in [7, 11) is 0. The van der Waals surface area contributed by atoms with E-state index in [1.807, 2.05) is 0 Å². The van der Waals surface area contributed by atoms with Gasteiger partial charge < -0.3 is 15.5 Å². The van der Waals surface area contributed by atoms with Crippen LogP contribution in [0.25, 0.3) is 0 Å². The molecule has 1 rings (SSSR count). The molecule has 3 N–H and O–H groups in total. The topological polar surface area (TPSA) is 69.6 Å². The molecule has 1 aromatic rings. The van der Waals surface area contributed by atoms with Crippen molar-refractivity contribution in [2.24, 2.45) is 0 Å². The molecule has 0 aromatic heterocycles. The van der Waals surface area contributed by atoms with Crippen molar-refractivity contribution in [3.05, 3.63) is 23.8 Å². The molecule has 0 bridgehead atoms. The molecule has 0 saturated carbocycles. The summed E-state index contributed by atoms with van der Waals surface area (Å²) in [6.45, 7) is 2.85. The van der Waals surface area contributed by atoms with E-state index in [-0.39, 0.29) is 23.0 Å². The number of hydrogen-bond donors (Lipinski definition) is 3. The number of hydrogen-bond acceptors (Lipinski definition) is 3. The predicted octanol–water partition coefficient (Wildman–Crippen LogP) is 3.97. The fourth-order valence-electron chi connectivity index (χ4n) is 2.29. The molecule has 118 valence electrons. The zero-order valence-corrected chi connectivity index (χ0v) is 12.9. The van der Waals surface area contributed by atoms with E-state index in [9.17, 15) is 15.0 Å². The maximum absolute atomic E-state index is 11.8. The molecular formula is C17H27NO3. The van der Waals surface area contributed by atoms with Crippen molar-refractivity contribution in [1.82, 2.24) is 5.32 Å². The van der Waals surface area contributed by atoms with Crippen LogP contribution < -0.4 is 5.32 Å². The van der Waals surface area contributed by atoms with Crippen LogP contribution in [0.2, 0.25) is 0 Å². The summed E-state index contributed by atoms with van der Waals surface area (Å²) in [6.07, 6.45) is 9.81. The quantitative estimate of drug-likeness (QED) is 0.572. The van der Waals surface area contributed by atoms with E-state index in [2.05, 4.69) is 12.2 Å². The van der Waals surface area contributed by atoms with Gasteiger partial charge in [0.25, 0.3) is 5.91 Å². The van der Waals surface area contributed by atoms with Crippen LogP contribution in [-0.4, -0.2) is 22.7 Å². The van der Waals surface area contributed by atoms with E-state index in [1.165, 1.54) is 56.7 Å². The molecule has 0 aliphatic rings. The smallest absolute Gasteiger partial charge is 0.251 e. The number of carbonyl (C=O) groups is 1. The zero-order chi connectivity index (χ0) is 15.5. The second kappa shape index (κ2) is 10.1. The Balaban J connectivity index is 2.11. The number of benzene rings is 1. The number of unbranched alkanes of at least 4 members (excludes halogenated alkanes) is 7. The summed E-state index contributed by atoms with van der Waals surface area (Å²) >= 11 is 0. The van der Waals surface area contributed by atoms with E-state index in [1.54, 1.807) is 0 Å². The molecule has 0 fully saturated rings. The van der Waals surface area contributed by atoms with Crippen LogP contribution in [0.4, 0.5) is 0 Å². The van der Waals surface area contributed by atoms with E-state index < -0.39 is 0 Å². The Morgan fingerprint density at radius 2 is 1.43 bits per heavy atom. The number of aromatic hydroxyl groups is 2. The number of nitrogens with one attached hydrogen (secondary N) is 1. The molecule has 0 heterocycles. The van der Waals surface area contributed by atoms with Gasteiger partial charge in [0.1, 0.15) is 11.5 Å². The summed E-state index contributed by atoms with van der Waals surface area (Å²) in [4.78, 5) is 11.8. The molecule has 1 amide bonds. The number of rotatable bonds is 10. The largest absolute Gasteiger partial charge is 0.508 e. The Kier molecular flexibility index (Phi) is 8.32. The Morgan fingerprint density at radius 3 is 2.00 bits per heavy atom. The molecule has 0 spiro atoms. The third-order valence-corrected chi connectivity index (χ3v) is 3.48. The van der Waals surface area contributed by atoms with Crippen LogP contribution in [0.1, 0.15) is 68.6 Å². The van der Waals surface area contributed by atoms with Crippen LogP contribution in [0.15, 0.2) is 18.2 Å². The highest BCUT2D eigenvalue weighted by Gasteiger charge is 2.07. The van der Waals surface area contributed by atoms with Gasteiger partial charge in [-0.3, -0.25) is 4.79 Å². The van der Waals surface area contributed by atoms with Gasteiger partial charge in [0.05, 0.1) is 0 Å². The third-order valence-electron chi connectivity index (χ3n) is 3.48. The van der Waals surface area contributed by atoms with E-state index in [0.29, 0.717) is 6.54 Å². The summed E-state index contributed by atoms with van der Waals surface area (Å²) in [5.74, 6) is -0.469. The predicted molar refractivity (Wildman–Crippen MR) is 84.7 cm³/mol. The van der Waals surface area contributed by atoms with Crippen molar-refractivity contribution < 1.29 is 15.0 Å². The Morgan fingerprint density at radius 1 is 0.905 bits per heavy atom. The van der Waals surface area contributed by atoms with Gasteiger partial charge in [-0.25, -0.2) is 0 Å². The van der Waals surface area contributed by atoms with Gasteiger partial charge in [-0.15, -0.1) is 0 Å². The minimum Gasteiger partial charge on any atom is -0.508 e. The molecule has 1 aromatic carbocycles. The fraction of sp³-hybridized carbons (Fsp3) is 0.588. The van der Waals surface area contributed by atoms with E-state index in [0.717, 1.165) is 12.8 Å². The van der Waals surface area contributed by atoms with Gasteiger partial charge >= 0.3 is 0 Å². The molecule has 0 radical (unpaired) electrons. The van der Waals surface area contributed by atoms with Gasteiger partial charge in [-0.1, -0.05) is 51.9 Å². The van der Waals surface area contributed by atoms with Crippen molar-refractivity contribution >= 4 is 5.91 Å². The first kappa shape index (κ1) is 17.3. The van der Waals surface area contributed by atoms with Gasteiger partial charge in [0, 0.05) is 18.2 Å². The lowest BCUT2D eigenvalue weighted by Crippen LogP contribution is -2.24. The van der Waals surface area contributed by atoms with Gasteiger partial charge in [0.15, 0.2) is 0 Å². The first-order valence-electron chi connectivity index (χ1n) is 7.94. The molecule has 0 aliphatic carbocycles. The Bertz CT molecular complexity index is 412. The summed E-state index contributed by atoms with van der Waals surface area (Å²) in [5.41, 5.74) is 0.284. The molecule has 0 unspecified atom stereocenters. The van der Waals surface area contributed by atoms with E-state index >= 15 is 0 Å². The minimum atomic E-state index is -0.260. The van der Waals surface area contributed by atoms with Crippen molar-refractivity contribution in [2.45, 2.75) is 58.3 Å². The molecule has 21 heavy (non-hydrogen) atoms. The molecule has 0 saturated heterocycles. The first-order chi connectivity index (χ1) is 10.1. The Hall–Kier alpha value is -1.71. The van der Waals surface area contributed by atoms with Gasteiger partial charge in [-0.2, -0.15) is 0 Å². The average molecular weight is 293 g/mol. The fourth-order valence-corrected chi connectivity index (χ4v) is 2.29. The number of phenolic OH excluding ortho intramolecular Hbond substituents is 2. The van der Waals surface area contributed by atoms with Gasteiger partial charge in [-0.05, 0) is 18.6 Å². The molecular weight excluding hydrogens is 266 g/mol. The second-order valence-corrected chi connectivity index (χ2v) is 5.47. The van der Waals surface area contributed by atoms with Crippen LogP contribution >= 0.6 is 0 Å². The standard InChI is InChI=1S/C17H27NO3/c1-2-3-4-5-6-7-8-9-10-18-17(21)14-11-15(19)13-16(20)12-14/h11-13,19-20H,2-10H2,1H3,(H,18,21). The first-order valence-corrected chi connectivity index (χ1v) is 7.94. The summed E-state index contributed by atoms with van der Waals surface area (Å²) in [6, 6.07) is 3.90. The third kappa shape index (κ3) is 7.59. The lowest BCUT2D eigenvalue weighted by atomic mass is 10.1. The van der Waals surface area contributed by atoms with Crippen LogP contribution in [0, 0.1) is 0 Å². The van der Waals surface area contributed by atoms with Crippen molar-refractivity contribution in [3.63, 3.8) is 0 Å².